The molecule has 90 valence electrons. The van der Waals surface area contributed by atoms with Gasteiger partial charge in [0.2, 0.25) is 0 Å². The highest BCUT2D eigenvalue weighted by molar-refractivity contribution is 5.68. The average Bonchev–Trinajstić information content (AvgIpc) is 2.08. The molecule has 0 saturated carbocycles. The van der Waals surface area contributed by atoms with Gasteiger partial charge in [-0.05, 0) is 11.5 Å². The Balaban J connectivity index is 3.04. The molecule has 0 aliphatic heterocycles. The summed E-state index contributed by atoms with van der Waals surface area (Å²) in [4.78, 5) is 1.77. The van der Waals surface area contributed by atoms with Crippen molar-refractivity contribution in [2.24, 2.45) is 5.41 Å². The molecule has 2 N–H and O–H groups in total. The maximum Gasteiger partial charge on any atom is 0.151 e. The Kier molecular flexibility index (Phi) is 3.41. The number of hydrogen-bond acceptors (Lipinski definition) is 2. The van der Waals surface area contributed by atoms with Crippen LogP contribution in [0.2, 0.25) is 0 Å². The van der Waals surface area contributed by atoms with E-state index in [4.69, 9.17) is 5.73 Å². The molecule has 1 aromatic carbocycles. The molecule has 0 aliphatic carbocycles. The van der Waals surface area contributed by atoms with Crippen LogP contribution < -0.4 is 10.6 Å². The van der Waals surface area contributed by atoms with Crippen LogP contribution in [-0.4, -0.2) is 13.6 Å². The second-order valence-corrected chi connectivity index (χ2v) is 5.24. The fourth-order valence-electron chi connectivity index (χ4n) is 1.68. The molecule has 0 amide bonds. The van der Waals surface area contributed by atoms with Crippen LogP contribution in [0.3, 0.4) is 0 Å². The van der Waals surface area contributed by atoms with Gasteiger partial charge in [0.05, 0.1) is 11.4 Å². The van der Waals surface area contributed by atoms with Gasteiger partial charge in [0, 0.05) is 19.7 Å². The topological polar surface area (TPSA) is 29.3 Å². The molecule has 0 aliphatic rings. The molecular weight excluding hydrogens is 210 g/mol. The standard InChI is InChI=1S/C12H18F2N2/c1-12(2,3)7-16(4)10-6-8(13)5-9(14)11(10)15/h5-6H,7,15H2,1-4H3. The van der Waals surface area contributed by atoms with Gasteiger partial charge in [-0.1, -0.05) is 20.8 Å². The highest BCUT2D eigenvalue weighted by atomic mass is 19.1. The molecule has 0 aromatic heterocycles. The lowest BCUT2D eigenvalue weighted by atomic mass is 9.96. The summed E-state index contributed by atoms with van der Waals surface area (Å²) in [5.74, 6) is -1.32. The van der Waals surface area contributed by atoms with Crippen molar-refractivity contribution in [3.05, 3.63) is 23.8 Å². The molecule has 0 fully saturated rings. The summed E-state index contributed by atoms with van der Waals surface area (Å²) in [5, 5.41) is 0. The van der Waals surface area contributed by atoms with Crippen LogP contribution in [0.5, 0.6) is 0 Å². The van der Waals surface area contributed by atoms with Gasteiger partial charge >= 0.3 is 0 Å². The summed E-state index contributed by atoms with van der Waals surface area (Å²) in [6.45, 7) is 6.82. The van der Waals surface area contributed by atoms with E-state index in [0.29, 0.717) is 12.2 Å². The van der Waals surface area contributed by atoms with Crippen LogP contribution >= 0.6 is 0 Å². The van der Waals surface area contributed by atoms with Gasteiger partial charge in [-0.2, -0.15) is 0 Å². The minimum atomic E-state index is -0.712. The van der Waals surface area contributed by atoms with E-state index < -0.39 is 11.6 Å². The van der Waals surface area contributed by atoms with Crippen LogP contribution in [0.15, 0.2) is 12.1 Å². The number of halogens is 2. The third kappa shape index (κ3) is 3.08. The van der Waals surface area contributed by atoms with Crippen LogP contribution in [-0.2, 0) is 0 Å². The van der Waals surface area contributed by atoms with Crippen LogP contribution in [0.4, 0.5) is 20.2 Å². The third-order valence-corrected chi connectivity index (χ3v) is 2.20. The lowest BCUT2D eigenvalue weighted by molar-refractivity contribution is 0.418. The van der Waals surface area contributed by atoms with Gasteiger partial charge in [0.15, 0.2) is 5.82 Å². The molecule has 16 heavy (non-hydrogen) atoms. The second-order valence-electron chi connectivity index (χ2n) is 5.24. The van der Waals surface area contributed by atoms with E-state index >= 15 is 0 Å². The van der Waals surface area contributed by atoms with E-state index in [1.807, 2.05) is 0 Å². The van der Waals surface area contributed by atoms with Crippen molar-refractivity contribution in [1.82, 2.24) is 0 Å². The molecule has 0 spiro atoms. The Labute approximate surface area is 95.1 Å². The zero-order valence-corrected chi connectivity index (χ0v) is 10.1. The minimum absolute atomic E-state index is 0.00634. The SMILES string of the molecule is CN(CC(C)(C)C)c1cc(F)cc(F)c1N. The predicted octanol–water partition coefficient (Wildman–Crippen LogP) is 3.03. The molecular formula is C12H18F2N2. The zero-order chi connectivity index (χ0) is 12.5. The van der Waals surface area contributed by atoms with Gasteiger partial charge < -0.3 is 10.6 Å². The maximum atomic E-state index is 13.2. The number of nitrogens with zero attached hydrogens (tertiary/aromatic N) is 1. The van der Waals surface area contributed by atoms with Crippen LogP contribution in [0.1, 0.15) is 20.8 Å². The van der Waals surface area contributed by atoms with Gasteiger partial charge in [-0.15, -0.1) is 0 Å². The van der Waals surface area contributed by atoms with Crippen molar-refractivity contribution >= 4 is 11.4 Å². The van der Waals surface area contributed by atoms with Crippen molar-refractivity contribution in [2.75, 3.05) is 24.2 Å². The lowest BCUT2D eigenvalue weighted by Crippen LogP contribution is -2.29. The van der Waals surface area contributed by atoms with Crippen molar-refractivity contribution in [3.8, 4) is 0 Å². The number of nitrogen functional groups attached to an aromatic ring is 1. The predicted molar refractivity (Wildman–Crippen MR) is 63.5 cm³/mol. The first-order chi connectivity index (χ1) is 7.20. The molecule has 1 rings (SSSR count). The Morgan fingerprint density at radius 2 is 1.81 bits per heavy atom. The molecule has 0 unspecified atom stereocenters. The molecule has 0 bridgehead atoms. The number of nitrogens with two attached hydrogens (primary N) is 1. The Bertz CT molecular complexity index is 383. The Morgan fingerprint density at radius 3 is 2.31 bits per heavy atom. The summed E-state index contributed by atoms with van der Waals surface area (Å²) in [6, 6.07) is 2.05. The van der Waals surface area contributed by atoms with Gasteiger partial charge in [0.25, 0.3) is 0 Å². The zero-order valence-electron chi connectivity index (χ0n) is 10.1. The summed E-state index contributed by atoms with van der Waals surface area (Å²) < 4.78 is 26.3. The first-order valence-electron chi connectivity index (χ1n) is 5.16. The summed E-state index contributed by atoms with van der Waals surface area (Å²) in [6.07, 6.45) is 0. The van der Waals surface area contributed by atoms with Crippen LogP contribution in [0, 0.1) is 17.0 Å². The van der Waals surface area contributed by atoms with E-state index in [1.165, 1.54) is 6.07 Å². The van der Waals surface area contributed by atoms with Gasteiger partial charge in [-0.25, -0.2) is 8.78 Å². The van der Waals surface area contributed by atoms with Gasteiger partial charge in [-0.3, -0.25) is 0 Å². The maximum absolute atomic E-state index is 13.2. The molecule has 0 heterocycles. The van der Waals surface area contributed by atoms with E-state index in [9.17, 15) is 8.78 Å². The monoisotopic (exact) mass is 228 g/mol. The van der Waals surface area contributed by atoms with E-state index in [0.717, 1.165) is 6.07 Å². The molecule has 1 aromatic rings. The Hall–Kier alpha value is -1.32. The van der Waals surface area contributed by atoms with Crippen molar-refractivity contribution < 1.29 is 8.78 Å². The smallest absolute Gasteiger partial charge is 0.151 e. The Morgan fingerprint density at radius 1 is 1.25 bits per heavy atom. The molecule has 2 nitrogen and oxygen atoms in total. The number of hydrogen-bond donors (Lipinski definition) is 1. The third-order valence-electron chi connectivity index (χ3n) is 2.20. The van der Waals surface area contributed by atoms with Crippen molar-refractivity contribution in [3.63, 3.8) is 0 Å². The fraction of sp³-hybridized carbons (Fsp3) is 0.500. The number of anilines is 2. The van der Waals surface area contributed by atoms with Crippen molar-refractivity contribution in [2.45, 2.75) is 20.8 Å². The van der Waals surface area contributed by atoms with Crippen LogP contribution in [0.25, 0.3) is 0 Å². The first-order valence-corrected chi connectivity index (χ1v) is 5.16. The lowest BCUT2D eigenvalue weighted by Gasteiger charge is -2.29. The van der Waals surface area contributed by atoms with Crippen molar-refractivity contribution in [1.29, 1.82) is 0 Å². The number of benzene rings is 1. The highest BCUT2D eigenvalue weighted by Crippen LogP contribution is 2.28. The summed E-state index contributed by atoms with van der Waals surface area (Å²) in [7, 11) is 1.77. The minimum Gasteiger partial charge on any atom is -0.395 e. The quantitative estimate of drug-likeness (QED) is 0.788. The summed E-state index contributed by atoms with van der Waals surface area (Å²) >= 11 is 0. The van der Waals surface area contributed by atoms with Gasteiger partial charge in [0.1, 0.15) is 5.82 Å². The molecule has 4 heteroatoms. The fourth-order valence-corrected chi connectivity index (χ4v) is 1.68. The largest absolute Gasteiger partial charge is 0.395 e. The first kappa shape index (κ1) is 12.7. The average molecular weight is 228 g/mol. The molecule has 0 saturated heterocycles. The molecule has 0 radical (unpaired) electrons. The summed E-state index contributed by atoms with van der Waals surface area (Å²) in [5.41, 5.74) is 6.01. The highest BCUT2D eigenvalue weighted by Gasteiger charge is 2.17. The number of rotatable bonds is 2. The second kappa shape index (κ2) is 4.28. The molecule has 0 atom stereocenters. The normalized spacial score (nSPS) is 11.6. The van der Waals surface area contributed by atoms with E-state index in [1.54, 1.807) is 11.9 Å². The van der Waals surface area contributed by atoms with E-state index in [2.05, 4.69) is 20.8 Å². The van der Waals surface area contributed by atoms with E-state index in [-0.39, 0.29) is 11.1 Å².